The topological polar surface area (TPSA) is 84.9 Å². The van der Waals surface area contributed by atoms with Crippen LogP contribution in [0.2, 0.25) is 23.2 Å². The van der Waals surface area contributed by atoms with Crippen LogP contribution < -0.4 is 5.32 Å². The number of benzene rings is 1. The summed E-state index contributed by atoms with van der Waals surface area (Å²) in [7, 11) is -13.0. The molecular formula is C25H37ClF6NO5PRuSi+. The number of amides is 1. The molecular weight excluding hydrogens is 704 g/mol. The zero-order valence-electron chi connectivity index (χ0n) is 23.9. The number of nitrogens with one attached hydrogen (secondary N) is 1. The average Bonchev–Trinajstić information content (AvgIpc) is 3.26. The quantitative estimate of drug-likeness (QED) is 0.172. The number of aliphatic carboxylic acids is 1. The van der Waals surface area contributed by atoms with Crippen LogP contribution in [0.15, 0.2) is 24.3 Å². The van der Waals surface area contributed by atoms with Gasteiger partial charge < -0.3 is 19.6 Å². The van der Waals surface area contributed by atoms with Crippen molar-refractivity contribution in [1.29, 1.82) is 0 Å². The van der Waals surface area contributed by atoms with Gasteiger partial charge in [-0.3, -0.25) is 0 Å². The molecule has 2 N–H and O–H groups in total. The summed E-state index contributed by atoms with van der Waals surface area (Å²) in [6.45, 7) is 15.4. The largest absolute Gasteiger partial charge is 2.00 e. The predicted octanol–water partition coefficient (Wildman–Crippen LogP) is 9.78. The summed E-state index contributed by atoms with van der Waals surface area (Å²) in [5.41, 5.74) is -0.124. The summed E-state index contributed by atoms with van der Waals surface area (Å²) in [6, 6.07) is 5.46. The molecule has 0 heterocycles. The molecule has 2 atom stereocenters. The summed E-state index contributed by atoms with van der Waals surface area (Å²) in [6.07, 6.45) is 8.31. The molecule has 16 heteroatoms. The Hall–Kier alpha value is -0.940. The third-order valence-electron chi connectivity index (χ3n) is 5.22. The third-order valence-corrected chi connectivity index (χ3v) is 9.93. The van der Waals surface area contributed by atoms with Crippen molar-refractivity contribution < 1.29 is 68.5 Å². The second-order valence-electron chi connectivity index (χ2n) is 11.2. The number of rotatable bonds is 6. The molecule has 0 spiro atoms. The van der Waals surface area contributed by atoms with Crippen LogP contribution in [-0.4, -0.2) is 37.1 Å². The fourth-order valence-electron chi connectivity index (χ4n) is 2.50. The number of carboxylic acids is 1. The first-order valence-electron chi connectivity index (χ1n) is 11.9. The molecule has 5 radical (unpaired) electrons. The van der Waals surface area contributed by atoms with E-state index in [0.29, 0.717) is 10.6 Å². The van der Waals surface area contributed by atoms with E-state index in [2.05, 4.69) is 26.1 Å². The smallest absolute Gasteiger partial charge is 0.0312 e. The molecule has 6 nitrogen and oxygen atoms in total. The van der Waals surface area contributed by atoms with Gasteiger partial charge >= 0.3 is 64.5 Å². The number of hydrogen-bond acceptors (Lipinski definition) is 4. The molecule has 41 heavy (non-hydrogen) atoms. The van der Waals surface area contributed by atoms with Crippen LogP contribution in [-0.2, 0) is 33.4 Å². The van der Waals surface area contributed by atoms with Crippen LogP contribution in [0.25, 0.3) is 0 Å². The van der Waals surface area contributed by atoms with Gasteiger partial charge in [-0.2, -0.15) is 0 Å². The van der Waals surface area contributed by atoms with Crippen molar-refractivity contribution in [3.05, 3.63) is 67.0 Å². The SMILES string of the molecule is CC(C)(C)OC(=O)N[C@@H](C(=O)O)[C@H](O[Si](C)(C)C(C)(C)C)c1ccc(Cl)cc1.F[P-](F)(F)(F)(F)F.[CH]1[CH][CH][CH][CH]1.[Ru+2]. The molecule has 1 aliphatic carbocycles. The Balaban J connectivity index is 0. The van der Waals surface area contributed by atoms with Crippen LogP contribution in [0.5, 0.6) is 0 Å². The van der Waals surface area contributed by atoms with Gasteiger partial charge in [0.15, 0.2) is 14.4 Å². The number of alkyl carbamates (subject to hydrolysis) is 1. The summed E-state index contributed by atoms with van der Waals surface area (Å²) in [5, 5.41) is 12.7. The zero-order chi connectivity index (χ0) is 31.9. The maximum Gasteiger partial charge on any atom is 2.00 e. The van der Waals surface area contributed by atoms with Crippen molar-refractivity contribution in [3.63, 3.8) is 0 Å². The summed E-state index contributed by atoms with van der Waals surface area (Å²) in [5.74, 6) is -1.20. The van der Waals surface area contributed by atoms with Crippen molar-refractivity contribution in [1.82, 2.24) is 5.32 Å². The first-order chi connectivity index (χ1) is 17.5. The first-order valence-corrected chi connectivity index (χ1v) is 17.2. The average molecular weight is 741 g/mol. The van der Waals surface area contributed by atoms with E-state index in [1.54, 1.807) is 45.0 Å². The van der Waals surface area contributed by atoms with Crippen LogP contribution in [0, 0.1) is 32.1 Å². The van der Waals surface area contributed by atoms with E-state index >= 15 is 0 Å². The molecule has 0 aliphatic heterocycles. The molecule has 1 aliphatic rings. The van der Waals surface area contributed by atoms with Gasteiger partial charge in [0.2, 0.25) is 0 Å². The molecule has 1 fully saturated rings. The normalized spacial score (nSPS) is 17.0. The van der Waals surface area contributed by atoms with Crippen molar-refractivity contribution >= 4 is 39.8 Å². The van der Waals surface area contributed by atoms with Gasteiger partial charge in [-0.05, 0) is 88.7 Å². The predicted molar refractivity (Wildman–Crippen MR) is 148 cm³/mol. The Bertz CT molecular complexity index is 965. The second kappa shape index (κ2) is 14.7. The Kier molecular flexibility index (Phi) is 15.1. The Morgan fingerprint density at radius 1 is 0.878 bits per heavy atom. The van der Waals surface area contributed by atoms with Gasteiger partial charge in [-0.25, -0.2) is 9.59 Å². The van der Waals surface area contributed by atoms with Crippen molar-refractivity contribution in [2.45, 2.75) is 77.4 Å². The van der Waals surface area contributed by atoms with E-state index in [0.717, 1.165) is 0 Å². The molecule has 1 amide bonds. The van der Waals surface area contributed by atoms with Gasteiger partial charge in [0.25, 0.3) is 0 Å². The van der Waals surface area contributed by atoms with Crippen LogP contribution in [0.3, 0.4) is 0 Å². The Labute approximate surface area is 257 Å². The van der Waals surface area contributed by atoms with E-state index in [1.165, 1.54) is 0 Å². The van der Waals surface area contributed by atoms with E-state index in [4.69, 9.17) is 20.8 Å². The molecule has 2 rings (SSSR count). The van der Waals surface area contributed by atoms with Crippen LogP contribution in [0.1, 0.15) is 53.2 Å². The molecule has 1 aromatic carbocycles. The third kappa shape index (κ3) is 22.3. The summed E-state index contributed by atoms with van der Waals surface area (Å²) in [4.78, 5) is 24.3. The van der Waals surface area contributed by atoms with Gasteiger partial charge in [0, 0.05) is 5.02 Å². The number of carbonyl (C=O) groups is 2. The fraction of sp³-hybridized carbons (Fsp3) is 0.480. The van der Waals surface area contributed by atoms with Crippen LogP contribution in [0.4, 0.5) is 30.0 Å². The summed E-state index contributed by atoms with van der Waals surface area (Å²) < 4.78 is 70.9. The molecule has 1 saturated carbocycles. The Morgan fingerprint density at radius 3 is 1.54 bits per heavy atom. The zero-order valence-corrected chi connectivity index (χ0v) is 28.3. The molecule has 237 valence electrons. The number of halogens is 7. The first kappa shape index (κ1) is 42.2. The second-order valence-corrected chi connectivity index (χ2v) is 18.3. The van der Waals surface area contributed by atoms with E-state index in [9.17, 15) is 39.9 Å². The summed E-state index contributed by atoms with van der Waals surface area (Å²) >= 11 is 5.98. The van der Waals surface area contributed by atoms with Crippen LogP contribution >= 0.6 is 19.4 Å². The number of hydrogen-bond donors (Lipinski definition) is 2. The molecule has 1 aromatic rings. The standard InChI is InChI=1S/C20H32ClNO5Si.C5H5.F6P.Ru/c1-19(2,3)26-18(25)22-15(17(23)24)16(13-9-11-14(21)12-10-13)27-28(7,8)20(4,5)6;1-2-4-5-3-1;1-7(2,3,4,5)6;/h9-12,15-16H,1-8H3,(H,22,25)(H,23,24);1-5H;;/q;;-1;+2/t15-,16-;;;/m1.../s1. The molecule has 0 unspecified atom stereocenters. The van der Waals surface area contributed by atoms with Gasteiger partial charge in [0.05, 0.1) is 0 Å². The number of carbonyl (C=O) groups excluding carboxylic acids is 1. The maximum atomic E-state index is 12.3. The monoisotopic (exact) mass is 741 g/mol. The van der Waals surface area contributed by atoms with Gasteiger partial charge in [-0.15, -0.1) is 0 Å². The van der Waals surface area contributed by atoms with Gasteiger partial charge in [-0.1, -0.05) is 44.5 Å². The van der Waals surface area contributed by atoms with Gasteiger partial charge in [0.1, 0.15) is 11.7 Å². The molecule has 0 aromatic heterocycles. The molecule has 0 bridgehead atoms. The van der Waals surface area contributed by atoms with Crippen molar-refractivity contribution in [2.75, 3.05) is 0 Å². The minimum atomic E-state index is -10.7. The fourth-order valence-corrected chi connectivity index (χ4v) is 3.88. The minimum Gasteiger partial charge on any atom is -0.0312 e. The minimum absolute atomic E-state index is 0. The maximum absolute atomic E-state index is 12.3. The number of carboxylic acid groups (broad SMARTS) is 1. The number of ether oxygens (including phenoxy) is 1. The van der Waals surface area contributed by atoms with E-state index in [1.807, 2.05) is 45.2 Å². The van der Waals surface area contributed by atoms with Crippen molar-refractivity contribution in [2.24, 2.45) is 0 Å². The Morgan fingerprint density at radius 2 is 1.24 bits per heavy atom. The van der Waals surface area contributed by atoms with Crippen molar-refractivity contribution in [3.8, 4) is 0 Å². The van der Waals surface area contributed by atoms with E-state index in [-0.39, 0.29) is 24.5 Å². The molecule has 0 saturated heterocycles. The van der Waals surface area contributed by atoms with E-state index < -0.39 is 45.9 Å².